The molecule has 0 aromatic carbocycles. The molecular formula is C35H72N4. The van der Waals surface area contributed by atoms with Crippen molar-refractivity contribution in [3.8, 4) is 0 Å². The molecule has 2 aliphatic carbocycles. The SMILES string of the molecule is CCCCC(NCC(C)C1([15N](CCC)CCC)CCCCC1)NCC(C)C1([15N](CCC)CCC)CCCCC1. The number of hydrogen-bond acceptors (Lipinski definition) is 4. The maximum Gasteiger partial charge on any atom is 0.0571 e. The molecule has 2 aliphatic rings. The average Bonchev–Trinajstić information content (AvgIpc) is 2.96. The van der Waals surface area contributed by atoms with Gasteiger partial charge in [0.25, 0.3) is 0 Å². The van der Waals surface area contributed by atoms with Gasteiger partial charge >= 0.3 is 0 Å². The molecule has 0 saturated heterocycles. The minimum absolute atomic E-state index is 0.396. The summed E-state index contributed by atoms with van der Waals surface area (Å²) < 4.78 is 0. The van der Waals surface area contributed by atoms with Crippen molar-refractivity contribution in [3.63, 3.8) is 0 Å². The Bertz CT molecular complexity index is 535. The zero-order valence-corrected chi connectivity index (χ0v) is 27.9. The van der Waals surface area contributed by atoms with Gasteiger partial charge in [0, 0.05) is 24.2 Å². The normalized spacial score (nSPS) is 21.8. The van der Waals surface area contributed by atoms with Gasteiger partial charge in [-0.3, -0.25) is 9.80 Å². The first-order chi connectivity index (χ1) is 18.9. The Morgan fingerprint density at radius 2 is 0.897 bits per heavy atom. The van der Waals surface area contributed by atoms with Gasteiger partial charge in [-0.05, 0) is 95.8 Å². The topological polar surface area (TPSA) is 30.5 Å². The number of hydrogen-bond donors (Lipinski definition) is 2. The molecule has 2 atom stereocenters. The molecule has 4 heteroatoms. The summed E-state index contributed by atoms with van der Waals surface area (Å²) in [5.41, 5.74) is 0.791. The van der Waals surface area contributed by atoms with E-state index in [9.17, 15) is 0 Å². The fourth-order valence-corrected chi connectivity index (χ4v) is 8.47. The summed E-state index contributed by atoms with van der Waals surface area (Å²) in [4.78, 5) is 5.83. The maximum absolute atomic E-state index is 4.11. The van der Waals surface area contributed by atoms with E-state index in [4.69, 9.17) is 0 Å². The predicted octanol–water partition coefficient (Wildman–Crippen LogP) is 8.60. The summed E-state index contributed by atoms with van der Waals surface area (Å²) in [6.45, 7) is 24.3. The van der Waals surface area contributed by atoms with E-state index in [-0.39, 0.29) is 0 Å². The van der Waals surface area contributed by atoms with E-state index in [0.29, 0.717) is 29.1 Å². The average molecular weight is 551 g/mol. The lowest BCUT2D eigenvalue weighted by molar-refractivity contribution is -0.000697. The highest BCUT2D eigenvalue weighted by atomic mass is 15.9. The second-order valence-corrected chi connectivity index (χ2v) is 13.6. The Kier molecular flexibility index (Phi) is 17.2. The van der Waals surface area contributed by atoms with Crippen LogP contribution in [0.5, 0.6) is 0 Å². The van der Waals surface area contributed by atoms with Gasteiger partial charge < -0.3 is 10.6 Å². The first-order valence-corrected chi connectivity index (χ1v) is 17.9. The van der Waals surface area contributed by atoms with Crippen LogP contribution in [0.3, 0.4) is 0 Å². The van der Waals surface area contributed by atoms with Crippen LogP contribution in [0.1, 0.15) is 158 Å². The molecule has 2 N–H and O–H groups in total. The van der Waals surface area contributed by atoms with Gasteiger partial charge in [-0.1, -0.05) is 99.8 Å². The van der Waals surface area contributed by atoms with Crippen LogP contribution in [0.4, 0.5) is 0 Å². The fraction of sp³-hybridized carbons (Fsp3) is 1.00. The Labute approximate surface area is 246 Å². The molecule has 0 bridgehead atoms. The number of nitrogens with one attached hydrogen (secondary N) is 2. The van der Waals surface area contributed by atoms with Crippen LogP contribution in [0.15, 0.2) is 0 Å². The molecule has 2 saturated carbocycles. The van der Waals surface area contributed by atoms with Crippen molar-refractivity contribution in [1.29, 1.82) is 0 Å². The van der Waals surface area contributed by atoms with Crippen molar-refractivity contribution in [3.05, 3.63) is 0 Å². The molecule has 0 amide bonds. The third-order valence-electron chi connectivity index (χ3n) is 10.7. The lowest BCUT2D eigenvalue weighted by Gasteiger charge is -2.51. The second kappa shape index (κ2) is 19.1. The van der Waals surface area contributed by atoms with E-state index in [2.05, 4.69) is 68.9 Å². The van der Waals surface area contributed by atoms with Gasteiger partial charge in [0.2, 0.25) is 0 Å². The predicted molar refractivity (Wildman–Crippen MR) is 174 cm³/mol. The molecule has 0 radical (unpaired) electrons. The van der Waals surface area contributed by atoms with E-state index < -0.39 is 0 Å². The van der Waals surface area contributed by atoms with E-state index in [1.54, 1.807) is 0 Å². The van der Waals surface area contributed by atoms with Crippen LogP contribution in [-0.2, 0) is 0 Å². The van der Waals surface area contributed by atoms with E-state index in [0.717, 1.165) is 13.1 Å². The third kappa shape index (κ3) is 9.97. The summed E-state index contributed by atoms with van der Waals surface area (Å²) in [5.74, 6) is 1.38. The van der Waals surface area contributed by atoms with Crippen molar-refractivity contribution < 1.29 is 0 Å². The highest BCUT2D eigenvalue weighted by molar-refractivity contribution is 4.99. The van der Waals surface area contributed by atoms with Crippen molar-refractivity contribution in [2.24, 2.45) is 11.8 Å². The molecule has 0 aliphatic heterocycles. The minimum Gasteiger partial charge on any atom is -0.302 e. The first-order valence-electron chi connectivity index (χ1n) is 17.9. The molecule has 0 aromatic heterocycles. The lowest BCUT2D eigenvalue weighted by atomic mass is 9.74. The molecule has 0 spiro atoms. The van der Waals surface area contributed by atoms with Crippen LogP contribution >= 0.6 is 0 Å². The molecule has 0 aromatic rings. The van der Waals surface area contributed by atoms with Gasteiger partial charge in [-0.15, -0.1) is 0 Å². The summed E-state index contributed by atoms with van der Waals surface area (Å²) in [5, 5.41) is 8.23. The molecule has 232 valence electrons. The summed E-state index contributed by atoms with van der Waals surface area (Å²) in [7, 11) is 0. The first kappa shape index (κ1) is 35.0. The van der Waals surface area contributed by atoms with Crippen molar-refractivity contribution in [1.82, 2.24) is 20.4 Å². The van der Waals surface area contributed by atoms with Gasteiger partial charge in [0.05, 0.1) is 6.17 Å². The summed E-state index contributed by atoms with van der Waals surface area (Å²) in [6, 6.07) is 0. The third-order valence-corrected chi connectivity index (χ3v) is 10.7. The molecule has 39 heavy (non-hydrogen) atoms. The smallest absolute Gasteiger partial charge is 0.0571 e. The molecule has 0 heterocycles. The molecule has 4 nitrogen and oxygen atoms in total. The van der Waals surface area contributed by atoms with E-state index in [1.807, 2.05) is 0 Å². The van der Waals surface area contributed by atoms with E-state index >= 15 is 0 Å². The van der Waals surface area contributed by atoms with Crippen LogP contribution < -0.4 is 10.6 Å². The van der Waals surface area contributed by atoms with Gasteiger partial charge in [0.1, 0.15) is 0 Å². The highest BCUT2D eigenvalue weighted by Gasteiger charge is 2.43. The number of nitrogens with zero attached hydrogens (tertiary/aromatic N) is 2. The Hall–Kier alpha value is -0.160. The Morgan fingerprint density at radius 1 is 0.538 bits per heavy atom. The van der Waals surface area contributed by atoms with Crippen molar-refractivity contribution >= 4 is 0 Å². The number of unbranched alkanes of at least 4 members (excludes halogenated alkanes) is 1. The summed E-state index contributed by atoms with van der Waals surface area (Å²) >= 11 is 0. The van der Waals surface area contributed by atoms with Crippen molar-refractivity contribution in [2.45, 2.75) is 175 Å². The van der Waals surface area contributed by atoms with Gasteiger partial charge in [-0.2, -0.15) is 0 Å². The highest BCUT2D eigenvalue weighted by Crippen LogP contribution is 2.41. The zero-order chi connectivity index (χ0) is 28.6. The van der Waals surface area contributed by atoms with Gasteiger partial charge in [-0.25, -0.2) is 0 Å². The monoisotopic (exact) mass is 551 g/mol. The summed E-state index contributed by atoms with van der Waals surface area (Å²) in [6.07, 6.45) is 23.5. The molecular weight excluding hydrogens is 478 g/mol. The Morgan fingerprint density at radius 3 is 1.21 bits per heavy atom. The van der Waals surface area contributed by atoms with Crippen LogP contribution in [0.25, 0.3) is 0 Å². The van der Waals surface area contributed by atoms with Crippen molar-refractivity contribution in [2.75, 3.05) is 39.3 Å². The fourth-order valence-electron chi connectivity index (χ4n) is 8.47. The minimum atomic E-state index is 0.396. The second-order valence-electron chi connectivity index (χ2n) is 13.6. The maximum atomic E-state index is 4.11. The largest absolute Gasteiger partial charge is 0.302 e. The molecule has 2 fully saturated rings. The Balaban J connectivity index is 2.10. The standard InChI is InChI=1S/C35H72N4/c1-8-13-20-33(36-29-31(6)34(21-16-14-17-22-34)38(25-9-2)26-10-3)37-30-32(7)35(23-18-15-19-24-35)39(27-11-4)28-12-5/h31-33,36-37H,8-30H2,1-7H3/i38+1,39+1. The van der Waals surface area contributed by atoms with Crippen LogP contribution in [0, 0.1) is 11.8 Å². The quantitative estimate of drug-likeness (QED) is 0.111. The van der Waals surface area contributed by atoms with Crippen LogP contribution in [0.2, 0.25) is 0 Å². The van der Waals surface area contributed by atoms with Gasteiger partial charge in [0.15, 0.2) is 0 Å². The zero-order valence-electron chi connectivity index (χ0n) is 27.9. The van der Waals surface area contributed by atoms with Crippen LogP contribution in [-0.4, -0.2) is 66.3 Å². The molecule has 2 rings (SSSR count). The molecule has 2 unspecified atom stereocenters. The number of rotatable bonds is 21. The van der Waals surface area contributed by atoms with E-state index in [1.165, 1.54) is 135 Å². The lowest BCUT2D eigenvalue weighted by Crippen LogP contribution is -2.59.